The number of aryl methyl sites for hydroxylation is 1. The molecule has 1 N–H and O–H groups in total. The molecule has 1 saturated carbocycles. The summed E-state index contributed by atoms with van der Waals surface area (Å²) in [4.78, 5) is 16.5. The fourth-order valence-corrected chi connectivity index (χ4v) is 4.12. The zero-order chi connectivity index (χ0) is 17.3. The van der Waals surface area contributed by atoms with Crippen molar-refractivity contribution in [2.75, 3.05) is 11.1 Å². The number of carbonyl (C=O) groups is 1. The van der Waals surface area contributed by atoms with E-state index < -0.39 is 5.79 Å². The van der Waals surface area contributed by atoms with Gasteiger partial charge in [-0.15, -0.1) is 0 Å². The molecule has 2 aliphatic rings. The third kappa shape index (κ3) is 3.33. The van der Waals surface area contributed by atoms with Crippen LogP contribution in [0.25, 0.3) is 0 Å². The van der Waals surface area contributed by atoms with Gasteiger partial charge >= 0.3 is 0 Å². The average Bonchev–Trinajstić information content (AvgIpc) is 3.32. The lowest BCUT2D eigenvalue weighted by Gasteiger charge is -2.21. The van der Waals surface area contributed by atoms with E-state index in [1.54, 1.807) is 6.20 Å². The van der Waals surface area contributed by atoms with Crippen molar-refractivity contribution in [3.63, 3.8) is 0 Å². The van der Waals surface area contributed by atoms with Crippen molar-refractivity contribution in [3.05, 3.63) is 30.6 Å². The number of amides is 1. The van der Waals surface area contributed by atoms with Gasteiger partial charge in [-0.2, -0.15) is 0 Å². The second kappa shape index (κ2) is 6.63. The third-order valence-electron chi connectivity index (χ3n) is 4.54. The molecule has 1 aliphatic heterocycles. The molecule has 0 atom stereocenters. The van der Waals surface area contributed by atoms with E-state index >= 15 is 0 Å². The van der Waals surface area contributed by atoms with E-state index in [2.05, 4.69) is 17.2 Å². The van der Waals surface area contributed by atoms with Gasteiger partial charge in [-0.3, -0.25) is 4.79 Å². The maximum atomic E-state index is 12.2. The number of hydrogen-bond acceptors (Lipinski definition) is 5. The van der Waals surface area contributed by atoms with Crippen LogP contribution in [0.2, 0.25) is 0 Å². The molecule has 25 heavy (non-hydrogen) atoms. The van der Waals surface area contributed by atoms with Crippen LogP contribution < -0.4 is 14.8 Å². The second-order valence-corrected chi connectivity index (χ2v) is 7.26. The van der Waals surface area contributed by atoms with Gasteiger partial charge < -0.3 is 19.4 Å². The molecule has 0 bridgehead atoms. The minimum absolute atomic E-state index is 0.0647. The smallest absolute Gasteiger partial charge is 0.251 e. The summed E-state index contributed by atoms with van der Waals surface area (Å²) in [6.45, 7) is 2.89. The number of thioether (sulfide) groups is 1. The molecule has 4 rings (SSSR count). The highest BCUT2D eigenvalue weighted by molar-refractivity contribution is 7.99. The molecule has 1 aromatic carbocycles. The van der Waals surface area contributed by atoms with Gasteiger partial charge in [0.1, 0.15) is 0 Å². The number of anilines is 1. The lowest BCUT2D eigenvalue weighted by molar-refractivity contribution is -0.113. The van der Waals surface area contributed by atoms with Crippen LogP contribution in [-0.4, -0.2) is 27.0 Å². The molecule has 2 heterocycles. The first-order valence-corrected chi connectivity index (χ1v) is 9.62. The minimum Gasteiger partial charge on any atom is -0.448 e. The summed E-state index contributed by atoms with van der Waals surface area (Å²) in [6.07, 6.45) is 7.76. The highest BCUT2D eigenvalue weighted by Gasteiger charge is 2.44. The van der Waals surface area contributed by atoms with Crippen molar-refractivity contribution < 1.29 is 14.3 Å². The van der Waals surface area contributed by atoms with Crippen LogP contribution in [0.1, 0.15) is 32.6 Å². The number of carbonyl (C=O) groups excluding carboxylic acids is 1. The Morgan fingerprint density at radius 1 is 1.32 bits per heavy atom. The predicted octanol–water partition coefficient (Wildman–Crippen LogP) is 3.68. The van der Waals surface area contributed by atoms with E-state index in [1.807, 2.05) is 29.0 Å². The van der Waals surface area contributed by atoms with Crippen molar-refractivity contribution in [1.29, 1.82) is 0 Å². The average molecular weight is 359 g/mol. The van der Waals surface area contributed by atoms with Crippen molar-refractivity contribution in [2.45, 2.75) is 50.1 Å². The summed E-state index contributed by atoms with van der Waals surface area (Å²) in [5.41, 5.74) is 0.724. The van der Waals surface area contributed by atoms with Crippen molar-refractivity contribution in [1.82, 2.24) is 9.55 Å². The SMILES string of the molecule is CCn1ccnc1SCC(=O)Nc1ccc2c(c1)OC1(CCCC1)O2. The van der Waals surface area contributed by atoms with Crippen LogP contribution in [0.5, 0.6) is 11.5 Å². The van der Waals surface area contributed by atoms with Crippen LogP contribution >= 0.6 is 11.8 Å². The van der Waals surface area contributed by atoms with Crippen LogP contribution in [0, 0.1) is 0 Å². The van der Waals surface area contributed by atoms with E-state index in [-0.39, 0.29) is 5.91 Å². The molecule has 1 fully saturated rings. The van der Waals surface area contributed by atoms with Crippen molar-refractivity contribution in [2.24, 2.45) is 0 Å². The fourth-order valence-electron chi connectivity index (χ4n) is 3.29. The highest BCUT2D eigenvalue weighted by Crippen LogP contribution is 2.47. The van der Waals surface area contributed by atoms with E-state index in [0.717, 1.165) is 48.8 Å². The summed E-state index contributed by atoms with van der Waals surface area (Å²) in [5.74, 6) is 1.26. The van der Waals surface area contributed by atoms with Gasteiger partial charge in [0.2, 0.25) is 5.91 Å². The summed E-state index contributed by atoms with van der Waals surface area (Å²) in [5, 5.41) is 3.77. The Labute approximate surface area is 150 Å². The standard InChI is InChI=1S/C18H21N3O3S/c1-2-21-10-9-19-17(21)25-12-16(22)20-13-5-6-14-15(11-13)24-18(23-14)7-3-4-8-18/h5-6,9-11H,2-4,7-8,12H2,1H3,(H,20,22). The Morgan fingerprint density at radius 2 is 2.12 bits per heavy atom. The first-order chi connectivity index (χ1) is 12.2. The summed E-state index contributed by atoms with van der Waals surface area (Å²) in [6, 6.07) is 5.57. The molecule has 1 aliphatic carbocycles. The van der Waals surface area contributed by atoms with Crippen LogP contribution in [0.4, 0.5) is 5.69 Å². The first kappa shape index (κ1) is 16.3. The highest BCUT2D eigenvalue weighted by atomic mass is 32.2. The number of ether oxygens (including phenoxy) is 2. The van der Waals surface area contributed by atoms with Gasteiger partial charge in [-0.25, -0.2) is 4.98 Å². The largest absolute Gasteiger partial charge is 0.448 e. The van der Waals surface area contributed by atoms with E-state index in [1.165, 1.54) is 11.8 Å². The zero-order valence-corrected chi connectivity index (χ0v) is 15.0. The molecular weight excluding hydrogens is 338 g/mol. The van der Waals surface area contributed by atoms with Gasteiger partial charge in [-0.05, 0) is 31.9 Å². The predicted molar refractivity (Wildman–Crippen MR) is 96.2 cm³/mol. The fraction of sp³-hybridized carbons (Fsp3) is 0.444. The van der Waals surface area contributed by atoms with E-state index in [9.17, 15) is 4.79 Å². The van der Waals surface area contributed by atoms with Gasteiger partial charge in [0, 0.05) is 43.5 Å². The van der Waals surface area contributed by atoms with Gasteiger partial charge in [0.05, 0.1) is 5.75 Å². The number of hydrogen-bond donors (Lipinski definition) is 1. The Kier molecular flexibility index (Phi) is 4.33. The molecule has 7 heteroatoms. The number of imidazole rings is 1. The monoisotopic (exact) mass is 359 g/mol. The molecule has 1 amide bonds. The summed E-state index contributed by atoms with van der Waals surface area (Å²) >= 11 is 1.43. The molecular formula is C18H21N3O3S. The molecule has 132 valence electrons. The quantitative estimate of drug-likeness (QED) is 0.825. The lowest BCUT2D eigenvalue weighted by atomic mass is 10.2. The minimum atomic E-state index is -0.474. The van der Waals surface area contributed by atoms with Crippen molar-refractivity contribution >= 4 is 23.4 Å². The number of aromatic nitrogens is 2. The normalized spacial score (nSPS) is 17.2. The summed E-state index contributed by atoms with van der Waals surface area (Å²) < 4.78 is 14.0. The molecule has 1 spiro atoms. The van der Waals surface area contributed by atoms with Crippen LogP contribution in [0.3, 0.4) is 0 Å². The number of nitrogens with one attached hydrogen (secondary N) is 1. The molecule has 0 saturated heterocycles. The Bertz CT molecular complexity index is 784. The molecule has 6 nitrogen and oxygen atoms in total. The number of nitrogens with zero attached hydrogens (tertiary/aromatic N) is 2. The van der Waals surface area contributed by atoms with E-state index in [0.29, 0.717) is 11.5 Å². The number of rotatable bonds is 5. The van der Waals surface area contributed by atoms with Crippen LogP contribution in [0.15, 0.2) is 35.7 Å². The molecule has 0 radical (unpaired) electrons. The second-order valence-electron chi connectivity index (χ2n) is 6.32. The Hall–Kier alpha value is -2.15. The van der Waals surface area contributed by atoms with E-state index in [4.69, 9.17) is 9.47 Å². The van der Waals surface area contributed by atoms with Crippen LogP contribution in [-0.2, 0) is 11.3 Å². The van der Waals surface area contributed by atoms with Crippen molar-refractivity contribution in [3.8, 4) is 11.5 Å². The molecule has 2 aromatic rings. The summed E-state index contributed by atoms with van der Waals surface area (Å²) in [7, 11) is 0. The Morgan fingerprint density at radius 3 is 2.92 bits per heavy atom. The van der Waals surface area contributed by atoms with Gasteiger partial charge in [-0.1, -0.05) is 11.8 Å². The Balaban J connectivity index is 1.36. The third-order valence-corrected chi connectivity index (χ3v) is 5.54. The molecule has 1 aromatic heterocycles. The van der Waals surface area contributed by atoms with Gasteiger partial charge in [0.15, 0.2) is 16.7 Å². The maximum Gasteiger partial charge on any atom is 0.251 e. The number of fused-ring (bicyclic) bond motifs is 1. The lowest BCUT2D eigenvalue weighted by Crippen LogP contribution is -2.34. The topological polar surface area (TPSA) is 65.4 Å². The number of benzene rings is 1. The first-order valence-electron chi connectivity index (χ1n) is 8.63. The molecule has 0 unspecified atom stereocenters. The zero-order valence-electron chi connectivity index (χ0n) is 14.2. The maximum absolute atomic E-state index is 12.2. The van der Waals surface area contributed by atoms with Gasteiger partial charge in [0.25, 0.3) is 5.79 Å².